The number of terminal acetylenes is 1. The molecule has 74 valence electrons. The van der Waals surface area contributed by atoms with Crippen molar-refractivity contribution >= 4 is 11.4 Å². The predicted octanol–water partition coefficient (Wildman–Crippen LogP) is 1.35. The van der Waals surface area contributed by atoms with Crippen molar-refractivity contribution < 1.29 is 4.74 Å². The van der Waals surface area contributed by atoms with E-state index in [2.05, 4.69) is 5.92 Å². The van der Waals surface area contributed by atoms with Crippen LogP contribution in [0.4, 0.5) is 11.4 Å². The molecule has 0 radical (unpaired) electrons. The van der Waals surface area contributed by atoms with Gasteiger partial charge in [-0.2, -0.15) is 0 Å². The summed E-state index contributed by atoms with van der Waals surface area (Å²) in [7, 11) is 3.91. The number of hydrogen-bond donors (Lipinski definition) is 1. The number of anilines is 2. The quantitative estimate of drug-likeness (QED) is 0.577. The molecule has 0 aliphatic rings. The van der Waals surface area contributed by atoms with Gasteiger partial charge in [-0.05, 0) is 12.1 Å². The Morgan fingerprint density at radius 1 is 1.50 bits per heavy atom. The van der Waals surface area contributed by atoms with E-state index in [0.717, 1.165) is 5.69 Å². The lowest BCUT2D eigenvalue weighted by molar-refractivity contribution is 0.372. The summed E-state index contributed by atoms with van der Waals surface area (Å²) < 4.78 is 5.29. The minimum Gasteiger partial charge on any atom is -0.479 e. The smallest absolute Gasteiger partial charge is 0.148 e. The molecular formula is C11H14N2O. The van der Waals surface area contributed by atoms with Crippen LogP contribution in [0.15, 0.2) is 18.2 Å². The van der Waals surface area contributed by atoms with Gasteiger partial charge < -0.3 is 15.4 Å². The zero-order valence-corrected chi connectivity index (χ0v) is 8.45. The standard InChI is InChI=1S/C11H14N2O/c1-4-7-14-11-8-9(13(2)3)5-6-10(11)12/h1,5-6,8H,7,12H2,2-3H3. The summed E-state index contributed by atoms with van der Waals surface area (Å²) in [5.74, 6) is 3.03. The van der Waals surface area contributed by atoms with Crippen molar-refractivity contribution in [2.45, 2.75) is 0 Å². The number of benzene rings is 1. The van der Waals surface area contributed by atoms with E-state index in [1.54, 1.807) is 6.07 Å². The highest BCUT2D eigenvalue weighted by Gasteiger charge is 2.02. The SMILES string of the molecule is C#CCOc1cc(N(C)C)ccc1N. The molecule has 3 nitrogen and oxygen atoms in total. The van der Waals surface area contributed by atoms with Crippen molar-refractivity contribution in [3.8, 4) is 18.1 Å². The zero-order chi connectivity index (χ0) is 10.6. The molecule has 0 aliphatic carbocycles. The van der Waals surface area contributed by atoms with E-state index in [0.29, 0.717) is 11.4 Å². The van der Waals surface area contributed by atoms with Crippen LogP contribution in [0.3, 0.4) is 0 Å². The van der Waals surface area contributed by atoms with E-state index in [4.69, 9.17) is 16.9 Å². The summed E-state index contributed by atoms with van der Waals surface area (Å²) in [6.07, 6.45) is 5.10. The van der Waals surface area contributed by atoms with Gasteiger partial charge in [0.25, 0.3) is 0 Å². The number of nitrogens with zero attached hydrogens (tertiary/aromatic N) is 1. The van der Waals surface area contributed by atoms with E-state index >= 15 is 0 Å². The molecule has 0 atom stereocenters. The summed E-state index contributed by atoms with van der Waals surface area (Å²) >= 11 is 0. The molecule has 0 saturated heterocycles. The van der Waals surface area contributed by atoms with Gasteiger partial charge in [0.2, 0.25) is 0 Å². The summed E-state index contributed by atoms with van der Waals surface area (Å²) in [5, 5.41) is 0. The lowest BCUT2D eigenvalue weighted by Gasteiger charge is -2.14. The first-order valence-corrected chi connectivity index (χ1v) is 4.28. The van der Waals surface area contributed by atoms with Crippen LogP contribution in [0.5, 0.6) is 5.75 Å². The molecular weight excluding hydrogens is 176 g/mol. The van der Waals surface area contributed by atoms with Crippen LogP contribution >= 0.6 is 0 Å². The van der Waals surface area contributed by atoms with Gasteiger partial charge in [0.1, 0.15) is 12.4 Å². The Morgan fingerprint density at radius 2 is 2.21 bits per heavy atom. The van der Waals surface area contributed by atoms with E-state index in [1.807, 2.05) is 31.1 Å². The van der Waals surface area contributed by atoms with E-state index in [1.165, 1.54) is 0 Å². The minimum atomic E-state index is 0.237. The van der Waals surface area contributed by atoms with Crippen molar-refractivity contribution in [1.82, 2.24) is 0 Å². The Hall–Kier alpha value is -1.82. The van der Waals surface area contributed by atoms with Gasteiger partial charge in [0.05, 0.1) is 5.69 Å². The first kappa shape index (κ1) is 10.3. The molecule has 0 unspecified atom stereocenters. The highest BCUT2D eigenvalue weighted by molar-refractivity contribution is 5.61. The summed E-state index contributed by atoms with van der Waals surface area (Å²) in [6, 6.07) is 5.60. The number of hydrogen-bond acceptors (Lipinski definition) is 3. The van der Waals surface area contributed by atoms with Crippen molar-refractivity contribution in [2.75, 3.05) is 31.3 Å². The zero-order valence-electron chi connectivity index (χ0n) is 8.45. The predicted molar refractivity (Wildman–Crippen MR) is 59.5 cm³/mol. The van der Waals surface area contributed by atoms with Crippen LogP contribution in [0.1, 0.15) is 0 Å². The maximum atomic E-state index is 5.72. The van der Waals surface area contributed by atoms with Crippen molar-refractivity contribution in [3.63, 3.8) is 0 Å². The van der Waals surface area contributed by atoms with Crippen LogP contribution in [-0.2, 0) is 0 Å². The molecule has 0 saturated carbocycles. The highest BCUT2D eigenvalue weighted by Crippen LogP contribution is 2.26. The molecule has 1 rings (SSSR count). The second-order valence-corrected chi connectivity index (χ2v) is 3.11. The molecule has 1 aromatic rings. The molecule has 0 fully saturated rings. The monoisotopic (exact) mass is 190 g/mol. The largest absolute Gasteiger partial charge is 0.479 e. The van der Waals surface area contributed by atoms with Gasteiger partial charge in [-0.15, -0.1) is 6.42 Å². The van der Waals surface area contributed by atoms with E-state index < -0.39 is 0 Å². The van der Waals surface area contributed by atoms with Gasteiger partial charge >= 0.3 is 0 Å². The van der Waals surface area contributed by atoms with Gasteiger partial charge in [0, 0.05) is 25.8 Å². The topological polar surface area (TPSA) is 38.5 Å². The van der Waals surface area contributed by atoms with Crippen LogP contribution in [0.2, 0.25) is 0 Å². The van der Waals surface area contributed by atoms with Gasteiger partial charge in [-0.3, -0.25) is 0 Å². The maximum Gasteiger partial charge on any atom is 0.148 e. The average molecular weight is 190 g/mol. The molecule has 0 aromatic heterocycles. The van der Waals surface area contributed by atoms with Crippen LogP contribution < -0.4 is 15.4 Å². The Kier molecular flexibility index (Phi) is 3.24. The molecule has 0 bridgehead atoms. The molecule has 2 N–H and O–H groups in total. The molecule has 0 spiro atoms. The number of nitrogens with two attached hydrogens (primary N) is 1. The Labute approximate surface area is 84.5 Å². The third-order valence-corrected chi connectivity index (χ3v) is 1.82. The second kappa shape index (κ2) is 4.43. The van der Waals surface area contributed by atoms with Crippen molar-refractivity contribution in [3.05, 3.63) is 18.2 Å². The van der Waals surface area contributed by atoms with Crippen molar-refractivity contribution in [1.29, 1.82) is 0 Å². The third-order valence-electron chi connectivity index (χ3n) is 1.82. The lowest BCUT2D eigenvalue weighted by Crippen LogP contribution is -2.09. The van der Waals surface area contributed by atoms with Crippen LogP contribution in [0, 0.1) is 12.3 Å². The molecule has 0 aliphatic heterocycles. The second-order valence-electron chi connectivity index (χ2n) is 3.11. The molecule has 0 heterocycles. The summed E-state index contributed by atoms with van der Waals surface area (Å²) in [4.78, 5) is 1.97. The molecule has 14 heavy (non-hydrogen) atoms. The molecule has 3 heteroatoms. The first-order chi connectivity index (χ1) is 6.65. The average Bonchev–Trinajstić information content (AvgIpc) is 2.16. The Bertz CT molecular complexity index is 353. The maximum absolute atomic E-state index is 5.72. The third kappa shape index (κ3) is 2.33. The van der Waals surface area contributed by atoms with Gasteiger partial charge in [-0.25, -0.2) is 0 Å². The molecule has 0 amide bonds. The lowest BCUT2D eigenvalue weighted by atomic mass is 10.2. The number of ether oxygens (including phenoxy) is 1. The number of nitrogen functional groups attached to an aromatic ring is 1. The normalized spacial score (nSPS) is 9.21. The van der Waals surface area contributed by atoms with Gasteiger partial charge in [-0.1, -0.05) is 5.92 Å². The fourth-order valence-corrected chi connectivity index (χ4v) is 1.05. The molecule has 1 aromatic carbocycles. The fraction of sp³-hybridized carbons (Fsp3) is 0.273. The van der Waals surface area contributed by atoms with Crippen LogP contribution in [-0.4, -0.2) is 20.7 Å². The number of rotatable bonds is 3. The van der Waals surface area contributed by atoms with Crippen LogP contribution in [0.25, 0.3) is 0 Å². The Morgan fingerprint density at radius 3 is 2.79 bits per heavy atom. The highest BCUT2D eigenvalue weighted by atomic mass is 16.5. The van der Waals surface area contributed by atoms with Crippen molar-refractivity contribution in [2.24, 2.45) is 0 Å². The fourth-order valence-electron chi connectivity index (χ4n) is 1.05. The summed E-state index contributed by atoms with van der Waals surface area (Å²) in [5.41, 5.74) is 7.35. The Balaban J connectivity index is 2.91. The van der Waals surface area contributed by atoms with E-state index in [9.17, 15) is 0 Å². The summed E-state index contributed by atoms with van der Waals surface area (Å²) in [6.45, 7) is 0.237. The minimum absolute atomic E-state index is 0.237. The van der Waals surface area contributed by atoms with E-state index in [-0.39, 0.29) is 6.61 Å². The first-order valence-electron chi connectivity index (χ1n) is 4.28. The van der Waals surface area contributed by atoms with Gasteiger partial charge in [0.15, 0.2) is 0 Å².